The Bertz CT molecular complexity index is 606. The summed E-state index contributed by atoms with van der Waals surface area (Å²) in [7, 11) is 2.12. The molecular formula is C16H23BrN4. The molecule has 0 aliphatic rings. The molecule has 0 aliphatic carbocycles. The highest BCUT2D eigenvalue weighted by Gasteiger charge is 2.15. The van der Waals surface area contributed by atoms with Crippen LogP contribution in [0.3, 0.4) is 0 Å². The van der Waals surface area contributed by atoms with Crippen molar-refractivity contribution >= 4 is 15.9 Å². The first-order valence-corrected chi connectivity index (χ1v) is 8.19. The summed E-state index contributed by atoms with van der Waals surface area (Å²) in [5.74, 6) is 0. The lowest BCUT2D eigenvalue weighted by atomic mass is 10.2. The second kappa shape index (κ2) is 7.18. The summed E-state index contributed by atoms with van der Waals surface area (Å²) in [4.78, 5) is 6.84. The van der Waals surface area contributed by atoms with Gasteiger partial charge in [0.05, 0.1) is 21.6 Å². The molecule has 0 saturated heterocycles. The van der Waals surface area contributed by atoms with E-state index in [-0.39, 0.29) is 0 Å². The topological polar surface area (TPSA) is 34.0 Å². The van der Waals surface area contributed by atoms with Gasteiger partial charge in [-0.1, -0.05) is 13.0 Å². The molecule has 0 unspecified atom stereocenters. The summed E-state index contributed by atoms with van der Waals surface area (Å²) in [5, 5.41) is 4.65. The molecule has 2 heterocycles. The molecule has 2 aromatic rings. The minimum Gasteiger partial charge on any atom is -0.295 e. The normalized spacial score (nSPS) is 11.3. The zero-order valence-corrected chi connectivity index (χ0v) is 14.8. The molecule has 0 amide bonds. The summed E-state index contributed by atoms with van der Waals surface area (Å²) in [6.07, 6.45) is 0.948. The van der Waals surface area contributed by atoms with Gasteiger partial charge in [0.25, 0.3) is 0 Å². The molecule has 2 rings (SSSR count). The van der Waals surface area contributed by atoms with E-state index < -0.39 is 0 Å². The molecular weight excluding hydrogens is 328 g/mol. The van der Waals surface area contributed by atoms with Gasteiger partial charge in [0.2, 0.25) is 0 Å². The highest BCUT2D eigenvalue weighted by atomic mass is 79.9. The van der Waals surface area contributed by atoms with Crippen LogP contribution in [0.15, 0.2) is 22.7 Å². The van der Waals surface area contributed by atoms with E-state index in [0.717, 1.165) is 47.6 Å². The summed E-state index contributed by atoms with van der Waals surface area (Å²) >= 11 is 3.70. The molecule has 0 N–H and O–H groups in total. The Morgan fingerprint density at radius 3 is 2.62 bits per heavy atom. The largest absolute Gasteiger partial charge is 0.295 e. The zero-order chi connectivity index (χ0) is 15.4. The van der Waals surface area contributed by atoms with Gasteiger partial charge in [-0.15, -0.1) is 0 Å². The molecule has 0 aliphatic heterocycles. The smallest absolute Gasteiger partial charge is 0.0767 e. The number of rotatable bonds is 6. The standard InChI is InChI=1S/C16H23BrN4/c1-5-14-16(17)15(21(6-2)19-14)11-20(4)10-13-9-7-8-12(3)18-13/h7-9H,5-6,10-11H2,1-4H3. The van der Waals surface area contributed by atoms with Crippen LogP contribution in [-0.4, -0.2) is 26.7 Å². The van der Waals surface area contributed by atoms with Gasteiger partial charge in [-0.05, 0) is 55.4 Å². The molecule has 114 valence electrons. The number of hydrogen-bond donors (Lipinski definition) is 0. The van der Waals surface area contributed by atoms with Gasteiger partial charge in [-0.25, -0.2) is 0 Å². The molecule has 5 heteroatoms. The minimum absolute atomic E-state index is 0.838. The maximum atomic E-state index is 4.65. The predicted octanol–water partition coefficient (Wildman–Crippen LogP) is 3.56. The van der Waals surface area contributed by atoms with Crippen LogP contribution >= 0.6 is 15.9 Å². The third-order valence-electron chi connectivity index (χ3n) is 3.49. The second-order valence-electron chi connectivity index (χ2n) is 5.32. The number of aryl methyl sites for hydroxylation is 3. The number of halogens is 1. The van der Waals surface area contributed by atoms with E-state index in [2.05, 4.69) is 68.6 Å². The van der Waals surface area contributed by atoms with Gasteiger partial charge in [0.1, 0.15) is 0 Å². The maximum Gasteiger partial charge on any atom is 0.0767 e. The predicted molar refractivity (Wildman–Crippen MR) is 89.1 cm³/mol. The molecule has 4 nitrogen and oxygen atoms in total. The van der Waals surface area contributed by atoms with Gasteiger partial charge < -0.3 is 0 Å². The van der Waals surface area contributed by atoms with Crippen molar-refractivity contribution in [2.75, 3.05) is 7.05 Å². The molecule has 0 saturated carbocycles. The van der Waals surface area contributed by atoms with Gasteiger partial charge in [0, 0.05) is 25.3 Å². The molecule has 0 aromatic carbocycles. The fourth-order valence-corrected chi connectivity index (χ4v) is 3.13. The van der Waals surface area contributed by atoms with E-state index in [9.17, 15) is 0 Å². The van der Waals surface area contributed by atoms with Crippen molar-refractivity contribution in [1.82, 2.24) is 19.7 Å². The molecule has 0 spiro atoms. The van der Waals surface area contributed by atoms with Crippen molar-refractivity contribution in [2.24, 2.45) is 0 Å². The first-order valence-electron chi connectivity index (χ1n) is 7.40. The Balaban J connectivity index is 2.12. The van der Waals surface area contributed by atoms with Crippen LogP contribution in [0.25, 0.3) is 0 Å². The Kier molecular flexibility index (Phi) is 5.53. The van der Waals surface area contributed by atoms with Crippen LogP contribution in [0.4, 0.5) is 0 Å². The molecule has 21 heavy (non-hydrogen) atoms. The van der Waals surface area contributed by atoms with Crippen LogP contribution in [0.1, 0.15) is 36.6 Å². The first-order chi connectivity index (χ1) is 10.0. The number of hydrogen-bond acceptors (Lipinski definition) is 3. The van der Waals surface area contributed by atoms with Gasteiger partial charge in [0.15, 0.2) is 0 Å². The van der Waals surface area contributed by atoms with E-state index in [1.54, 1.807) is 0 Å². The van der Waals surface area contributed by atoms with Crippen molar-refractivity contribution in [3.63, 3.8) is 0 Å². The summed E-state index contributed by atoms with van der Waals surface area (Å²) in [5.41, 5.74) is 4.54. The molecule has 2 aromatic heterocycles. The van der Waals surface area contributed by atoms with Crippen molar-refractivity contribution < 1.29 is 0 Å². The minimum atomic E-state index is 0.838. The van der Waals surface area contributed by atoms with Crippen LogP contribution in [0.2, 0.25) is 0 Å². The third kappa shape index (κ3) is 3.92. The monoisotopic (exact) mass is 350 g/mol. The Morgan fingerprint density at radius 1 is 1.24 bits per heavy atom. The quantitative estimate of drug-likeness (QED) is 0.798. The molecule has 0 radical (unpaired) electrons. The van der Waals surface area contributed by atoms with Gasteiger partial charge in [-0.2, -0.15) is 5.10 Å². The lowest BCUT2D eigenvalue weighted by molar-refractivity contribution is 0.303. The first kappa shape index (κ1) is 16.2. The number of aromatic nitrogens is 3. The SMILES string of the molecule is CCc1nn(CC)c(CN(C)Cc2cccc(C)n2)c1Br. The highest BCUT2D eigenvalue weighted by molar-refractivity contribution is 9.10. The third-order valence-corrected chi connectivity index (χ3v) is 4.41. The average molecular weight is 351 g/mol. The Hall–Kier alpha value is -1.20. The summed E-state index contributed by atoms with van der Waals surface area (Å²) in [6, 6.07) is 6.17. The van der Waals surface area contributed by atoms with Crippen LogP contribution in [-0.2, 0) is 26.1 Å². The van der Waals surface area contributed by atoms with Crippen LogP contribution in [0, 0.1) is 6.92 Å². The van der Waals surface area contributed by atoms with E-state index in [1.165, 1.54) is 5.69 Å². The molecule has 0 atom stereocenters. The maximum absolute atomic E-state index is 4.65. The fourth-order valence-electron chi connectivity index (χ4n) is 2.44. The van der Waals surface area contributed by atoms with E-state index in [4.69, 9.17) is 0 Å². The highest BCUT2D eigenvalue weighted by Crippen LogP contribution is 2.23. The summed E-state index contributed by atoms with van der Waals surface area (Å²) < 4.78 is 3.24. The van der Waals surface area contributed by atoms with Crippen LogP contribution < -0.4 is 0 Å². The van der Waals surface area contributed by atoms with E-state index in [1.807, 2.05) is 13.0 Å². The van der Waals surface area contributed by atoms with Crippen molar-refractivity contribution in [1.29, 1.82) is 0 Å². The molecule has 0 bridgehead atoms. The Morgan fingerprint density at radius 2 is 2.00 bits per heavy atom. The zero-order valence-electron chi connectivity index (χ0n) is 13.2. The Labute approximate surface area is 135 Å². The number of pyridine rings is 1. The van der Waals surface area contributed by atoms with Crippen molar-refractivity contribution in [3.8, 4) is 0 Å². The molecule has 0 fully saturated rings. The van der Waals surface area contributed by atoms with Gasteiger partial charge in [-0.3, -0.25) is 14.6 Å². The van der Waals surface area contributed by atoms with E-state index >= 15 is 0 Å². The second-order valence-corrected chi connectivity index (χ2v) is 6.11. The lowest BCUT2D eigenvalue weighted by Gasteiger charge is -2.17. The fraction of sp³-hybridized carbons (Fsp3) is 0.500. The lowest BCUT2D eigenvalue weighted by Crippen LogP contribution is -2.20. The van der Waals surface area contributed by atoms with Gasteiger partial charge >= 0.3 is 0 Å². The number of nitrogens with zero attached hydrogens (tertiary/aromatic N) is 4. The van der Waals surface area contributed by atoms with Crippen LogP contribution in [0.5, 0.6) is 0 Å². The van der Waals surface area contributed by atoms with Crippen molar-refractivity contribution in [3.05, 3.63) is 45.4 Å². The average Bonchev–Trinajstić information content (AvgIpc) is 2.75. The van der Waals surface area contributed by atoms with E-state index in [0.29, 0.717) is 0 Å². The summed E-state index contributed by atoms with van der Waals surface area (Å²) in [6.45, 7) is 8.88. The van der Waals surface area contributed by atoms with Crippen molar-refractivity contribution in [2.45, 2.75) is 46.8 Å².